The van der Waals surface area contributed by atoms with Crippen molar-refractivity contribution >= 4 is 86.2 Å². The monoisotopic (exact) mass is 1160 g/mol. The summed E-state index contributed by atoms with van der Waals surface area (Å²) in [6, 6.07) is 9.64. The Morgan fingerprint density at radius 2 is 0.901 bits per heavy atom. The number of pyridine rings is 2. The van der Waals surface area contributed by atoms with E-state index in [2.05, 4.69) is 97.5 Å². The maximum Gasteiger partial charge on any atom is 0.260 e. The third kappa shape index (κ3) is 12.5. The number of H-pyrrole nitrogens is 6. The van der Waals surface area contributed by atoms with E-state index in [0.29, 0.717) is 74.3 Å². The summed E-state index contributed by atoms with van der Waals surface area (Å²) in [4.78, 5) is 108. The predicted octanol–water partition coefficient (Wildman–Crippen LogP) is 13.2. The van der Waals surface area contributed by atoms with Crippen molar-refractivity contribution in [3.63, 3.8) is 0 Å². The van der Waals surface area contributed by atoms with Crippen LogP contribution in [-0.4, -0.2) is 69.8 Å². The summed E-state index contributed by atoms with van der Waals surface area (Å²) in [5.74, 6) is 4.11. The van der Waals surface area contributed by atoms with E-state index in [9.17, 15) is 19.2 Å². The fraction of sp³-hybridized carbons (Fsp3) is 0.322. The second-order valence-corrected chi connectivity index (χ2v) is 24.7. The van der Waals surface area contributed by atoms with Gasteiger partial charge in [-0.1, -0.05) is 41.2 Å². The Balaban J connectivity index is 0.000000141. The number of nitrogens with one attached hydrogen (secondary N) is 6. The second kappa shape index (κ2) is 24.0. The van der Waals surface area contributed by atoms with Crippen LogP contribution in [-0.2, 0) is 6.42 Å². The Labute approximate surface area is 483 Å². The lowest BCUT2D eigenvalue weighted by Crippen LogP contribution is -2.11. The van der Waals surface area contributed by atoms with Gasteiger partial charge in [-0.2, -0.15) is 0 Å². The zero-order chi connectivity index (χ0) is 57.6. The van der Waals surface area contributed by atoms with Gasteiger partial charge in [-0.3, -0.25) is 19.2 Å². The van der Waals surface area contributed by atoms with Crippen LogP contribution in [0.4, 0.5) is 0 Å². The molecule has 0 fully saturated rings. The molecule has 12 heterocycles. The van der Waals surface area contributed by atoms with Crippen molar-refractivity contribution in [1.82, 2.24) is 69.8 Å². The van der Waals surface area contributed by atoms with Crippen molar-refractivity contribution < 1.29 is 0 Å². The number of fused-ring (bicyclic) bond motifs is 4. The maximum atomic E-state index is 12.4. The standard InChI is InChI=1S/2C16H17N3OS.2C13H14N4OS.CH4/c1-8(2)11-7-21-16-13(11)15(20)18-14(19-16)12-6-9(3)5-10(4)17-12;1-9(2)7-11-8-21-16-13(11)15(20)18-14(19-16)12-6-4-5-10(3)17-12;2*1-5-8(4)19-13-9(5)12(18)16-11(17-13)10-14-6(2)7(3)15-10;/h5-8H,1-4H3,(H,18,19,20);4-6,8-9H,7H2,1-3H3,(H,18,19,20);2*1-4H3,(H,14,15)(H,16,17,18);1H4. The van der Waals surface area contributed by atoms with E-state index in [1.165, 1.54) is 45.3 Å². The quantitative estimate of drug-likeness (QED) is 0.0870. The first-order chi connectivity index (χ1) is 37.9. The summed E-state index contributed by atoms with van der Waals surface area (Å²) in [5, 5.41) is 6.88. The van der Waals surface area contributed by atoms with E-state index >= 15 is 0 Å². The number of aromatic nitrogens is 14. The lowest BCUT2D eigenvalue weighted by atomic mass is 10.0. The van der Waals surface area contributed by atoms with Gasteiger partial charge in [0, 0.05) is 32.5 Å². The Morgan fingerprint density at radius 1 is 0.457 bits per heavy atom. The summed E-state index contributed by atoms with van der Waals surface area (Å²) in [5.41, 5.74) is 11.9. The lowest BCUT2D eigenvalue weighted by Gasteiger charge is -2.05. The molecule has 12 aromatic rings. The highest BCUT2D eigenvalue weighted by Crippen LogP contribution is 2.31. The van der Waals surface area contributed by atoms with Gasteiger partial charge in [0.25, 0.3) is 22.2 Å². The van der Waals surface area contributed by atoms with E-state index in [0.717, 1.165) is 103 Å². The molecular weight excluding hydrogens is 1100 g/mol. The van der Waals surface area contributed by atoms with Gasteiger partial charge < -0.3 is 29.9 Å². The number of rotatable bonds is 7. The van der Waals surface area contributed by atoms with E-state index in [1.807, 2.05) is 117 Å². The van der Waals surface area contributed by atoms with Crippen molar-refractivity contribution in [2.75, 3.05) is 0 Å². The molecule has 0 aliphatic heterocycles. The normalized spacial score (nSPS) is 11.3. The SMILES string of the molecule is C.Cc1cc(C)nc(-c2nc3scc(C(C)C)c3c(=O)[nH]2)c1.Cc1cccc(-c2nc3scc(CC(C)C)c3c(=O)[nH]2)n1.Cc1nc(-c2nc3sc(C)c(C)c3c(=O)[nH]2)[nH]c1C.Cc1nc(-c2nc3sc(C)c(C)c3c(=O)[nH]2)[nH]c1C. The van der Waals surface area contributed by atoms with E-state index in [4.69, 9.17) is 0 Å². The fourth-order valence-corrected chi connectivity index (χ4v) is 13.0. The Hall–Kier alpha value is -7.92. The highest BCUT2D eigenvalue weighted by molar-refractivity contribution is 7.19. The topological polar surface area (TPSA) is 266 Å². The molecule has 0 aromatic carbocycles. The number of hydrogen-bond donors (Lipinski definition) is 6. The van der Waals surface area contributed by atoms with E-state index in [-0.39, 0.29) is 29.7 Å². The molecule has 22 heteroatoms. The predicted molar refractivity (Wildman–Crippen MR) is 334 cm³/mol. The summed E-state index contributed by atoms with van der Waals surface area (Å²) < 4.78 is 0. The van der Waals surface area contributed by atoms with Crippen molar-refractivity contribution in [3.8, 4) is 46.3 Å². The molecule has 18 nitrogen and oxygen atoms in total. The van der Waals surface area contributed by atoms with Crippen LogP contribution in [0.2, 0.25) is 0 Å². The minimum atomic E-state index is -0.103. The number of hydrogen-bond acceptors (Lipinski definition) is 16. The molecule has 0 aliphatic rings. The van der Waals surface area contributed by atoms with Gasteiger partial charge in [0.1, 0.15) is 30.7 Å². The molecule has 0 spiro atoms. The summed E-state index contributed by atoms with van der Waals surface area (Å²) in [6.07, 6.45) is 0.896. The van der Waals surface area contributed by atoms with Crippen LogP contribution in [0.3, 0.4) is 0 Å². The van der Waals surface area contributed by atoms with Crippen LogP contribution in [0.15, 0.2) is 60.3 Å². The van der Waals surface area contributed by atoms with Crippen molar-refractivity contribution in [2.24, 2.45) is 5.92 Å². The van der Waals surface area contributed by atoms with Crippen LogP contribution in [0.5, 0.6) is 0 Å². The number of nitrogens with zero attached hydrogens (tertiary/aromatic N) is 8. The fourth-order valence-electron chi connectivity index (χ4n) is 8.93. The van der Waals surface area contributed by atoms with Gasteiger partial charge in [-0.25, -0.2) is 39.9 Å². The van der Waals surface area contributed by atoms with Crippen LogP contribution in [0, 0.1) is 82.1 Å². The minimum absolute atomic E-state index is 0. The zero-order valence-electron chi connectivity index (χ0n) is 47.2. The molecule has 0 radical (unpaired) electrons. The first-order valence-corrected chi connectivity index (χ1v) is 29.3. The molecule has 12 aromatic heterocycles. The van der Waals surface area contributed by atoms with Gasteiger partial charge in [0.2, 0.25) is 0 Å². The Bertz CT molecular complexity index is 4360. The van der Waals surface area contributed by atoms with Crippen LogP contribution in [0.1, 0.15) is 113 Å². The molecule has 420 valence electrons. The largest absolute Gasteiger partial charge is 0.339 e. The molecule has 0 bridgehead atoms. The molecule has 0 saturated heterocycles. The average Bonchev–Trinajstić information content (AvgIpc) is 4.43. The number of imidazole rings is 2. The molecule has 0 atom stereocenters. The first kappa shape index (κ1) is 59.2. The number of thiophene rings is 4. The Kier molecular flexibility index (Phi) is 17.6. The summed E-state index contributed by atoms with van der Waals surface area (Å²) >= 11 is 6.12. The van der Waals surface area contributed by atoms with Crippen molar-refractivity contribution in [3.05, 3.63) is 154 Å². The zero-order valence-corrected chi connectivity index (χ0v) is 50.5. The molecule has 6 N–H and O–H groups in total. The third-order valence-corrected chi connectivity index (χ3v) is 17.5. The molecule has 12 rings (SSSR count). The van der Waals surface area contributed by atoms with Gasteiger partial charge >= 0.3 is 0 Å². The number of aryl methyl sites for hydroxylation is 11. The van der Waals surface area contributed by atoms with Crippen LogP contribution in [0.25, 0.3) is 87.2 Å². The molecular formula is C59H66N14O4S4. The van der Waals surface area contributed by atoms with Crippen LogP contribution >= 0.6 is 45.3 Å². The molecule has 0 aliphatic carbocycles. The second-order valence-electron chi connectivity index (χ2n) is 20.6. The molecule has 81 heavy (non-hydrogen) atoms. The minimum Gasteiger partial charge on any atom is -0.339 e. The van der Waals surface area contributed by atoms with Crippen LogP contribution < -0.4 is 22.2 Å². The first-order valence-electron chi connectivity index (χ1n) is 25.9. The molecule has 0 saturated carbocycles. The number of aromatic amines is 6. The van der Waals surface area contributed by atoms with Gasteiger partial charge in [-0.05, 0) is 157 Å². The summed E-state index contributed by atoms with van der Waals surface area (Å²) in [6.45, 7) is 30.0. The van der Waals surface area contributed by atoms with E-state index < -0.39 is 0 Å². The third-order valence-electron chi connectivity index (χ3n) is 13.5. The van der Waals surface area contributed by atoms with Gasteiger partial charge in [0.05, 0.1) is 32.9 Å². The maximum absolute atomic E-state index is 12.4. The molecule has 0 amide bonds. The summed E-state index contributed by atoms with van der Waals surface area (Å²) in [7, 11) is 0. The van der Waals surface area contributed by atoms with Gasteiger partial charge in [0.15, 0.2) is 34.9 Å². The van der Waals surface area contributed by atoms with Gasteiger partial charge in [-0.15, -0.1) is 45.3 Å². The lowest BCUT2D eigenvalue weighted by molar-refractivity contribution is 0.651. The van der Waals surface area contributed by atoms with Crippen molar-refractivity contribution in [1.29, 1.82) is 0 Å². The van der Waals surface area contributed by atoms with Crippen molar-refractivity contribution in [2.45, 2.75) is 124 Å². The molecule has 0 unspecified atom stereocenters. The highest BCUT2D eigenvalue weighted by atomic mass is 32.1. The van der Waals surface area contributed by atoms with E-state index in [1.54, 1.807) is 0 Å². The Morgan fingerprint density at radius 3 is 1.38 bits per heavy atom. The highest BCUT2D eigenvalue weighted by Gasteiger charge is 2.19. The smallest absolute Gasteiger partial charge is 0.260 e. The average molecular weight is 1160 g/mol.